The van der Waals surface area contributed by atoms with Gasteiger partial charge in [0, 0.05) is 44.1 Å². The molecule has 0 bridgehead atoms. The Bertz CT molecular complexity index is 560. The summed E-state index contributed by atoms with van der Waals surface area (Å²) >= 11 is 0. The molecule has 1 aliphatic rings. The average molecular weight is 285 g/mol. The number of rotatable bonds is 4. The van der Waals surface area contributed by atoms with Crippen molar-refractivity contribution in [2.75, 3.05) is 36.4 Å². The van der Waals surface area contributed by atoms with Gasteiger partial charge in [0.15, 0.2) is 0 Å². The Hall–Kier alpha value is -2.07. The van der Waals surface area contributed by atoms with Gasteiger partial charge >= 0.3 is 0 Å². The lowest BCUT2D eigenvalue weighted by Crippen LogP contribution is -2.43. The van der Waals surface area contributed by atoms with E-state index < -0.39 is 0 Å². The molecule has 3 nitrogen and oxygen atoms in total. The summed E-state index contributed by atoms with van der Waals surface area (Å²) in [5, 5.41) is 6.71. The van der Waals surface area contributed by atoms with Crippen LogP contribution in [-0.4, -0.2) is 26.2 Å². The first kappa shape index (κ1) is 13.9. The molecule has 1 aliphatic heterocycles. The van der Waals surface area contributed by atoms with Gasteiger partial charge < -0.3 is 15.5 Å². The highest BCUT2D eigenvalue weighted by Gasteiger charge is 2.09. The van der Waals surface area contributed by atoms with Gasteiger partial charge in [-0.1, -0.05) is 12.1 Å². The normalized spacial score (nSPS) is 15.0. The molecule has 0 spiro atoms. The third kappa shape index (κ3) is 3.73. The van der Waals surface area contributed by atoms with Gasteiger partial charge in [-0.2, -0.15) is 0 Å². The van der Waals surface area contributed by atoms with Crippen molar-refractivity contribution in [3.05, 3.63) is 59.9 Å². The maximum Gasteiger partial charge on any atom is 0.123 e. The summed E-state index contributed by atoms with van der Waals surface area (Å²) in [4.78, 5) is 2.39. The fourth-order valence-electron chi connectivity index (χ4n) is 2.52. The molecule has 21 heavy (non-hydrogen) atoms. The van der Waals surface area contributed by atoms with Gasteiger partial charge in [0.2, 0.25) is 0 Å². The van der Waals surface area contributed by atoms with Gasteiger partial charge in [-0.15, -0.1) is 0 Å². The molecular weight excluding hydrogens is 265 g/mol. The van der Waals surface area contributed by atoms with E-state index in [0.29, 0.717) is 6.54 Å². The lowest BCUT2D eigenvalue weighted by atomic mass is 10.2. The van der Waals surface area contributed by atoms with E-state index in [1.54, 1.807) is 12.1 Å². The summed E-state index contributed by atoms with van der Waals surface area (Å²) in [5.74, 6) is -0.195. The molecule has 2 aromatic carbocycles. The molecule has 0 unspecified atom stereocenters. The Morgan fingerprint density at radius 2 is 1.62 bits per heavy atom. The number of hydrogen-bond donors (Lipinski definition) is 2. The third-order valence-corrected chi connectivity index (χ3v) is 3.76. The number of nitrogens with one attached hydrogen (secondary N) is 2. The Morgan fingerprint density at radius 3 is 2.29 bits per heavy atom. The minimum atomic E-state index is -0.195. The number of halogens is 1. The molecule has 0 aliphatic carbocycles. The summed E-state index contributed by atoms with van der Waals surface area (Å²) in [7, 11) is 0. The van der Waals surface area contributed by atoms with E-state index in [1.807, 2.05) is 0 Å². The summed E-state index contributed by atoms with van der Waals surface area (Å²) in [6.45, 7) is 4.91. The molecule has 0 saturated carbocycles. The number of benzene rings is 2. The van der Waals surface area contributed by atoms with Crippen LogP contribution in [0.4, 0.5) is 15.8 Å². The van der Waals surface area contributed by atoms with E-state index >= 15 is 0 Å². The van der Waals surface area contributed by atoms with Crippen LogP contribution in [0.5, 0.6) is 0 Å². The smallest absolute Gasteiger partial charge is 0.123 e. The van der Waals surface area contributed by atoms with E-state index in [0.717, 1.165) is 37.4 Å². The maximum atomic E-state index is 12.8. The van der Waals surface area contributed by atoms with Crippen LogP contribution in [0, 0.1) is 5.82 Å². The van der Waals surface area contributed by atoms with Crippen molar-refractivity contribution in [1.29, 1.82) is 0 Å². The second-order valence-corrected chi connectivity index (χ2v) is 5.26. The monoisotopic (exact) mass is 285 g/mol. The molecule has 1 heterocycles. The van der Waals surface area contributed by atoms with Gasteiger partial charge in [-0.3, -0.25) is 0 Å². The van der Waals surface area contributed by atoms with Crippen molar-refractivity contribution in [3.63, 3.8) is 0 Å². The summed E-state index contributed by atoms with van der Waals surface area (Å²) in [6.07, 6.45) is 0. The minimum Gasteiger partial charge on any atom is -0.381 e. The van der Waals surface area contributed by atoms with Crippen LogP contribution in [0.1, 0.15) is 5.56 Å². The second kappa shape index (κ2) is 6.59. The SMILES string of the molecule is Fc1ccc(CNc2ccc(N3CCNCC3)cc2)cc1. The Kier molecular flexibility index (Phi) is 4.36. The highest BCUT2D eigenvalue weighted by molar-refractivity contribution is 5.55. The third-order valence-electron chi connectivity index (χ3n) is 3.76. The van der Waals surface area contributed by atoms with Crippen LogP contribution in [-0.2, 0) is 6.54 Å². The van der Waals surface area contributed by atoms with Crippen molar-refractivity contribution in [2.24, 2.45) is 0 Å². The van der Waals surface area contributed by atoms with Gasteiger partial charge in [0.05, 0.1) is 0 Å². The predicted molar refractivity (Wildman–Crippen MR) is 85.3 cm³/mol. The molecule has 2 aromatic rings. The fourth-order valence-corrected chi connectivity index (χ4v) is 2.52. The van der Waals surface area contributed by atoms with E-state index in [1.165, 1.54) is 17.8 Å². The van der Waals surface area contributed by atoms with Crippen LogP contribution in [0.3, 0.4) is 0 Å². The molecular formula is C17H20FN3. The summed E-state index contributed by atoms with van der Waals surface area (Å²) in [5.41, 5.74) is 3.42. The largest absolute Gasteiger partial charge is 0.381 e. The highest BCUT2D eigenvalue weighted by Crippen LogP contribution is 2.19. The molecule has 4 heteroatoms. The van der Waals surface area contributed by atoms with E-state index in [9.17, 15) is 4.39 Å². The van der Waals surface area contributed by atoms with Crippen molar-refractivity contribution in [3.8, 4) is 0 Å². The number of piperazine rings is 1. The minimum absolute atomic E-state index is 0.195. The van der Waals surface area contributed by atoms with Gasteiger partial charge in [0.25, 0.3) is 0 Å². The molecule has 0 aromatic heterocycles. The Balaban J connectivity index is 1.57. The van der Waals surface area contributed by atoms with Crippen LogP contribution < -0.4 is 15.5 Å². The molecule has 0 radical (unpaired) electrons. The van der Waals surface area contributed by atoms with Crippen LogP contribution in [0.15, 0.2) is 48.5 Å². The van der Waals surface area contributed by atoms with Crippen LogP contribution in [0.2, 0.25) is 0 Å². The predicted octanol–water partition coefficient (Wildman–Crippen LogP) is 2.85. The van der Waals surface area contributed by atoms with Crippen molar-refractivity contribution < 1.29 is 4.39 Å². The summed E-state index contributed by atoms with van der Waals surface area (Å²) in [6, 6.07) is 15.1. The molecule has 2 N–H and O–H groups in total. The van der Waals surface area contributed by atoms with Crippen molar-refractivity contribution in [2.45, 2.75) is 6.54 Å². The first-order valence-electron chi connectivity index (χ1n) is 7.35. The van der Waals surface area contributed by atoms with Gasteiger partial charge in [0.1, 0.15) is 5.82 Å². The zero-order chi connectivity index (χ0) is 14.5. The maximum absolute atomic E-state index is 12.8. The highest BCUT2D eigenvalue weighted by atomic mass is 19.1. The first-order valence-corrected chi connectivity index (χ1v) is 7.35. The van der Waals surface area contributed by atoms with Gasteiger partial charge in [-0.05, 0) is 42.0 Å². The average Bonchev–Trinajstić information content (AvgIpc) is 2.56. The number of nitrogens with zero attached hydrogens (tertiary/aromatic N) is 1. The van der Waals surface area contributed by atoms with Crippen molar-refractivity contribution in [1.82, 2.24) is 5.32 Å². The molecule has 1 fully saturated rings. The van der Waals surface area contributed by atoms with Crippen LogP contribution in [0.25, 0.3) is 0 Å². The van der Waals surface area contributed by atoms with E-state index in [4.69, 9.17) is 0 Å². The topological polar surface area (TPSA) is 27.3 Å². The quantitative estimate of drug-likeness (QED) is 0.904. The van der Waals surface area contributed by atoms with E-state index in [2.05, 4.69) is 39.8 Å². The Morgan fingerprint density at radius 1 is 0.952 bits per heavy atom. The second-order valence-electron chi connectivity index (χ2n) is 5.26. The molecule has 0 amide bonds. The Labute approximate surface area is 124 Å². The fraction of sp³-hybridized carbons (Fsp3) is 0.294. The number of anilines is 2. The lowest BCUT2D eigenvalue weighted by molar-refractivity contribution is 0.589. The van der Waals surface area contributed by atoms with E-state index in [-0.39, 0.29) is 5.82 Å². The van der Waals surface area contributed by atoms with Crippen LogP contribution >= 0.6 is 0 Å². The summed E-state index contributed by atoms with van der Waals surface area (Å²) < 4.78 is 12.8. The zero-order valence-electron chi connectivity index (χ0n) is 12.0. The van der Waals surface area contributed by atoms with Gasteiger partial charge in [-0.25, -0.2) is 4.39 Å². The molecule has 3 rings (SSSR count). The standard InChI is InChI=1S/C17H20FN3/c18-15-3-1-14(2-4-15)13-20-16-5-7-17(8-6-16)21-11-9-19-10-12-21/h1-8,19-20H,9-13H2. The zero-order valence-corrected chi connectivity index (χ0v) is 12.0. The lowest BCUT2D eigenvalue weighted by Gasteiger charge is -2.29. The molecule has 0 atom stereocenters. The number of hydrogen-bond acceptors (Lipinski definition) is 3. The van der Waals surface area contributed by atoms with Crippen molar-refractivity contribution >= 4 is 11.4 Å². The molecule has 110 valence electrons. The molecule has 1 saturated heterocycles. The first-order chi connectivity index (χ1) is 10.3.